The van der Waals surface area contributed by atoms with E-state index in [1.807, 2.05) is 44.1 Å². The number of esters is 1. The van der Waals surface area contributed by atoms with E-state index in [1.54, 1.807) is 6.07 Å². The van der Waals surface area contributed by atoms with Crippen molar-refractivity contribution in [2.24, 2.45) is 0 Å². The summed E-state index contributed by atoms with van der Waals surface area (Å²) in [6.07, 6.45) is -0.222. The lowest BCUT2D eigenvalue weighted by Gasteiger charge is -2.19. The Morgan fingerprint density at radius 3 is 2.75 bits per heavy atom. The van der Waals surface area contributed by atoms with Crippen molar-refractivity contribution >= 4 is 21.9 Å². The number of hydrogen-bond donors (Lipinski definition) is 0. The molecule has 0 heterocycles. The lowest BCUT2D eigenvalue weighted by Crippen LogP contribution is -2.29. The van der Waals surface area contributed by atoms with Gasteiger partial charge in [0, 0.05) is 5.33 Å². The minimum Gasteiger partial charge on any atom is -0.443 e. The molecule has 16 heavy (non-hydrogen) atoms. The van der Waals surface area contributed by atoms with Crippen LogP contribution in [0.1, 0.15) is 22.8 Å². The zero-order valence-corrected chi connectivity index (χ0v) is 11.3. The number of halogens is 1. The first-order valence-corrected chi connectivity index (χ1v) is 6.19. The van der Waals surface area contributed by atoms with E-state index >= 15 is 0 Å². The minimum atomic E-state index is -0.288. The molecule has 1 unspecified atom stereocenters. The second kappa shape index (κ2) is 6.01. The maximum absolute atomic E-state index is 11.8. The summed E-state index contributed by atoms with van der Waals surface area (Å²) in [6, 6.07) is 7.41. The molecule has 1 atom stereocenters. The maximum atomic E-state index is 11.8. The van der Waals surface area contributed by atoms with Crippen LogP contribution in [0.25, 0.3) is 0 Å². The largest absolute Gasteiger partial charge is 0.443 e. The predicted molar refractivity (Wildman–Crippen MR) is 67.6 cm³/mol. The summed E-state index contributed by atoms with van der Waals surface area (Å²) in [6.45, 7) is 1.84. The Hall–Kier alpha value is -0.870. The van der Waals surface area contributed by atoms with Gasteiger partial charge >= 0.3 is 5.97 Å². The molecule has 1 rings (SSSR count). The monoisotopic (exact) mass is 285 g/mol. The Labute approximate surface area is 105 Å². The van der Waals surface area contributed by atoms with Gasteiger partial charge in [0.05, 0.1) is 5.56 Å². The summed E-state index contributed by atoms with van der Waals surface area (Å²) >= 11 is 3.35. The summed E-state index contributed by atoms with van der Waals surface area (Å²) in [5.74, 6) is -0.288. The van der Waals surface area contributed by atoms with Crippen LogP contribution in [0.3, 0.4) is 0 Å². The van der Waals surface area contributed by atoms with Crippen LogP contribution in [0.4, 0.5) is 0 Å². The molecule has 1 aromatic carbocycles. The lowest BCUT2D eigenvalue weighted by atomic mass is 10.1. The van der Waals surface area contributed by atoms with Crippen LogP contribution in [-0.2, 0) is 10.1 Å². The van der Waals surface area contributed by atoms with Crippen LogP contribution in [0.15, 0.2) is 24.3 Å². The molecular weight excluding hydrogens is 270 g/mol. The van der Waals surface area contributed by atoms with E-state index in [0.717, 1.165) is 10.9 Å². The predicted octanol–water partition coefficient (Wildman–Crippen LogP) is 2.65. The molecule has 88 valence electrons. The molecule has 0 spiro atoms. The number of carbonyl (C=O) groups excluding carboxylic acids is 1. The lowest BCUT2D eigenvalue weighted by molar-refractivity contribution is -0.00547. The molecule has 0 radical (unpaired) electrons. The number of hydrogen-bond acceptors (Lipinski definition) is 3. The van der Waals surface area contributed by atoms with Crippen molar-refractivity contribution in [3.05, 3.63) is 35.4 Å². The summed E-state index contributed by atoms with van der Waals surface area (Å²) in [5.41, 5.74) is 1.65. The number of ether oxygens (including phenoxy) is 1. The standard InChI is InChI=1S/C12H16BrNO2/c1-9(14(2)3)16-12(15)11-6-4-5-10(7-11)8-13/h4-7,9H,8H2,1-3H3. The van der Waals surface area contributed by atoms with Gasteiger partial charge in [0.25, 0.3) is 0 Å². The molecule has 0 saturated heterocycles. The van der Waals surface area contributed by atoms with Gasteiger partial charge in [-0.2, -0.15) is 0 Å². The number of alkyl halides is 1. The number of benzene rings is 1. The molecule has 0 bridgehead atoms. The summed E-state index contributed by atoms with van der Waals surface area (Å²) in [4.78, 5) is 13.6. The summed E-state index contributed by atoms with van der Waals surface area (Å²) in [7, 11) is 3.74. The molecule has 0 amide bonds. The van der Waals surface area contributed by atoms with Crippen molar-refractivity contribution in [1.82, 2.24) is 4.90 Å². The Morgan fingerprint density at radius 1 is 1.50 bits per heavy atom. The van der Waals surface area contributed by atoms with Gasteiger partial charge in [-0.15, -0.1) is 0 Å². The topological polar surface area (TPSA) is 29.5 Å². The third kappa shape index (κ3) is 3.61. The average Bonchev–Trinajstić information content (AvgIpc) is 2.28. The van der Waals surface area contributed by atoms with E-state index < -0.39 is 0 Å². The van der Waals surface area contributed by atoms with E-state index in [1.165, 1.54) is 0 Å². The van der Waals surface area contributed by atoms with Crippen LogP contribution >= 0.6 is 15.9 Å². The fourth-order valence-corrected chi connectivity index (χ4v) is 1.46. The highest BCUT2D eigenvalue weighted by atomic mass is 79.9. The highest BCUT2D eigenvalue weighted by Gasteiger charge is 2.13. The van der Waals surface area contributed by atoms with E-state index in [2.05, 4.69) is 15.9 Å². The van der Waals surface area contributed by atoms with Crippen molar-refractivity contribution < 1.29 is 9.53 Å². The van der Waals surface area contributed by atoms with Crippen molar-refractivity contribution in [3.63, 3.8) is 0 Å². The van der Waals surface area contributed by atoms with Gasteiger partial charge in [0.2, 0.25) is 0 Å². The van der Waals surface area contributed by atoms with Gasteiger partial charge in [-0.05, 0) is 38.7 Å². The van der Waals surface area contributed by atoms with Gasteiger partial charge in [-0.25, -0.2) is 4.79 Å². The first-order valence-electron chi connectivity index (χ1n) is 5.07. The Bertz CT molecular complexity index is 366. The van der Waals surface area contributed by atoms with Crippen LogP contribution in [0.5, 0.6) is 0 Å². The van der Waals surface area contributed by atoms with E-state index in [-0.39, 0.29) is 12.2 Å². The average molecular weight is 286 g/mol. The first kappa shape index (κ1) is 13.2. The second-order valence-corrected chi connectivity index (χ2v) is 4.36. The fraction of sp³-hybridized carbons (Fsp3) is 0.417. The molecule has 0 aliphatic heterocycles. The quantitative estimate of drug-likeness (QED) is 0.484. The molecule has 0 fully saturated rings. The Kier molecular flexibility index (Phi) is 4.96. The molecule has 0 aliphatic rings. The van der Waals surface area contributed by atoms with E-state index in [4.69, 9.17) is 4.74 Å². The van der Waals surface area contributed by atoms with Crippen molar-refractivity contribution in [2.75, 3.05) is 14.1 Å². The Morgan fingerprint density at radius 2 is 2.19 bits per heavy atom. The second-order valence-electron chi connectivity index (χ2n) is 3.80. The van der Waals surface area contributed by atoms with Gasteiger partial charge < -0.3 is 4.74 Å². The molecule has 4 heteroatoms. The van der Waals surface area contributed by atoms with E-state index in [0.29, 0.717) is 5.56 Å². The maximum Gasteiger partial charge on any atom is 0.339 e. The SMILES string of the molecule is CC(OC(=O)c1cccc(CBr)c1)N(C)C. The highest BCUT2D eigenvalue weighted by Crippen LogP contribution is 2.11. The van der Waals surface area contributed by atoms with Crippen molar-refractivity contribution in [1.29, 1.82) is 0 Å². The molecule has 0 aliphatic carbocycles. The van der Waals surface area contributed by atoms with E-state index in [9.17, 15) is 4.79 Å². The molecular formula is C12H16BrNO2. The van der Waals surface area contributed by atoms with Gasteiger partial charge in [-0.3, -0.25) is 4.90 Å². The number of carbonyl (C=O) groups is 1. The van der Waals surface area contributed by atoms with Crippen molar-refractivity contribution in [2.45, 2.75) is 18.5 Å². The third-order valence-electron chi connectivity index (χ3n) is 2.32. The minimum absolute atomic E-state index is 0.222. The van der Waals surface area contributed by atoms with Crippen LogP contribution in [-0.4, -0.2) is 31.2 Å². The normalized spacial score (nSPS) is 12.6. The number of nitrogens with zero attached hydrogens (tertiary/aromatic N) is 1. The molecule has 0 saturated carbocycles. The van der Waals surface area contributed by atoms with Gasteiger partial charge in [0.15, 0.2) is 6.23 Å². The zero-order chi connectivity index (χ0) is 12.1. The fourth-order valence-electron chi connectivity index (χ4n) is 1.11. The molecule has 0 N–H and O–H groups in total. The van der Waals surface area contributed by atoms with Gasteiger partial charge in [-0.1, -0.05) is 28.1 Å². The molecule has 1 aromatic rings. The first-order chi connectivity index (χ1) is 7.54. The summed E-state index contributed by atoms with van der Waals surface area (Å²) < 4.78 is 5.27. The molecule has 0 aromatic heterocycles. The zero-order valence-electron chi connectivity index (χ0n) is 9.74. The van der Waals surface area contributed by atoms with Crippen molar-refractivity contribution in [3.8, 4) is 0 Å². The molecule has 3 nitrogen and oxygen atoms in total. The highest BCUT2D eigenvalue weighted by molar-refractivity contribution is 9.08. The number of rotatable bonds is 4. The smallest absolute Gasteiger partial charge is 0.339 e. The third-order valence-corrected chi connectivity index (χ3v) is 2.97. The van der Waals surface area contributed by atoms with Gasteiger partial charge in [0.1, 0.15) is 0 Å². The van der Waals surface area contributed by atoms with Crippen LogP contribution in [0, 0.1) is 0 Å². The summed E-state index contributed by atoms with van der Waals surface area (Å²) in [5, 5.41) is 0.733. The Balaban J connectivity index is 2.72. The van der Waals surface area contributed by atoms with Crippen LogP contribution < -0.4 is 0 Å². The van der Waals surface area contributed by atoms with Crippen LogP contribution in [0.2, 0.25) is 0 Å².